The van der Waals surface area contributed by atoms with Gasteiger partial charge in [-0.1, -0.05) is 9.05 Å². The summed E-state index contributed by atoms with van der Waals surface area (Å²) in [6.45, 7) is 2.53. The molecule has 8 heteroatoms. The van der Waals surface area contributed by atoms with Gasteiger partial charge in [0.1, 0.15) is 0 Å². The average molecular weight is 351 g/mol. The highest BCUT2D eigenvalue weighted by Crippen LogP contribution is 2.31. The third-order valence-corrected chi connectivity index (χ3v) is 4.00. The van der Waals surface area contributed by atoms with Gasteiger partial charge in [0.05, 0.1) is 0 Å². The topological polar surface area (TPSA) is 69.7 Å². The quantitative estimate of drug-likeness (QED) is 0.543. The van der Waals surface area contributed by atoms with Gasteiger partial charge < -0.3 is 0 Å². The van der Waals surface area contributed by atoms with Crippen molar-refractivity contribution in [2.75, 3.05) is 0 Å². The molecule has 0 spiro atoms. The van der Waals surface area contributed by atoms with E-state index in [1.807, 2.05) is 0 Å². The van der Waals surface area contributed by atoms with Crippen LogP contribution in [0.3, 0.4) is 0 Å². The minimum atomic E-state index is -2.51. The molecule has 0 rings (SSSR count). The van der Waals surface area contributed by atoms with Crippen molar-refractivity contribution in [3.05, 3.63) is 0 Å². The van der Waals surface area contributed by atoms with Crippen LogP contribution in [0.25, 0.3) is 0 Å². The minimum absolute atomic E-state index is 0.342. The second-order valence-corrected chi connectivity index (χ2v) is 4.82. The van der Waals surface area contributed by atoms with Crippen LogP contribution in [-0.4, -0.2) is 21.6 Å². The molecule has 0 N–H and O–H groups in total. The normalized spacial score (nSPS) is 15.9. The maximum Gasteiger partial charge on any atom is 0.700 e. The summed E-state index contributed by atoms with van der Waals surface area (Å²) in [7, 11) is -2.51. The molecule has 0 aromatic rings. The zero-order chi connectivity index (χ0) is 11.3. The third-order valence-electron chi connectivity index (χ3n) is 0.996. The molecular formula is C6H8Br2O5P+. The lowest BCUT2D eigenvalue weighted by atomic mass is 10.5. The van der Waals surface area contributed by atoms with Crippen LogP contribution in [0.15, 0.2) is 0 Å². The van der Waals surface area contributed by atoms with Gasteiger partial charge in [-0.15, -0.1) is 0 Å². The number of hydrogen-bond donors (Lipinski definition) is 0. The van der Waals surface area contributed by atoms with Crippen LogP contribution in [0, 0.1) is 0 Å². The van der Waals surface area contributed by atoms with E-state index in [0.29, 0.717) is 0 Å². The van der Waals surface area contributed by atoms with Crippen LogP contribution < -0.4 is 0 Å². The van der Waals surface area contributed by atoms with Crippen molar-refractivity contribution < 1.29 is 23.2 Å². The van der Waals surface area contributed by atoms with Crippen LogP contribution in [-0.2, 0) is 23.2 Å². The standard InChI is InChI=1S/C6H8Br2O5P/c1-3(9)5(7)12-14(11)13-6(8)4(2)10/h5-6H,1-2H3/q+1. The molecule has 80 valence electrons. The van der Waals surface area contributed by atoms with E-state index in [1.54, 1.807) is 0 Å². The van der Waals surface area contributed by atoms with Gasteiger partial charge in [-0.25, -0.2) is 0 Å². The van der Waals surface area contributed by atoms with Crippen molar-refractivity contribution in [1.82, 2.24) is 0 Å². The van der Waals surface area contributed by atoms with Crippen LogP contribution in [0.1, 0.15) is 13.8 Å². The second-order valence-electron chi connectivity index (χ2n) is 2.29. The van der Waals surface area contributed by atoms with Gasteiger partial charge in [0.25, 0.3) is 0 Å². The van der Waals surface area contributed by atoms with Crippen LogP contribution in [0.4, 0.5) is 0 Å². The van der Waals surface area contributed by atoms with Gasteiger partial charge >= 0.3 is 8.25 Å². The Hall–Kier alpha value is 0.320. The highest BCUT2D eigenvalue weighted by Gasteiger charge is 2.33. The summed E-state index contributed by atoms with van der Waals surface area (Å²) in [4.78, 5) is 21.3. The maximum atomic E-state index is 11.0. The fraction of sp³-hybridized carbons (Fsp3) is 0.667. The van der Waals surface area contributed by atoms with E-state index in [4.69, 9.17) is 0 Å². The lowest BCUT2D eigenvalue weighted by Gasteiger charge is -1.98. The number of halogens is 2. The lowest BCUT2D eigenvalue weighted by molar-refractivity contribution is -0.120. The SMILES string of the molecule is CC(=O)C(Br)O[P+](=O)OC(Br)C(C)=O. The van der Waals surface area contributed by atoms with E-state index >= 15 is 0 Å². The molecule has 0 aliphatic rings. The van der Waals surface area contributed by atoms with Crippen molar-refractivity contribution in [3.8, 4) is 0 Å². The first-order valence-electron chi connectivity index (χ1n) is 3.44. The number of carbonyl (C=O) groups excluding carboxylic acids is 2. The van der Waals surface area contributed by atoms with E-state index in [9.17, 15) is 14.2 Å². The van der Waals surface area contributed by atoms with Gasteiger partial charge in [-0.05, 0) is 45.7 Å². The van der Waals surface area contributed by atoms with Crippen molar-refractivity contribution >= 4 is 51.7 Å². The molecule has 0 amide bonds. The van der Waals surface area contributed by atoms with Gasteiger partial charge in [0.15, 0.2) is 11.6 Å². The number of alkyl halides is 2. The Morgan fingerprint density at radius 2 is 1.36 bits per heavy atom. The van der Waals surface area contributed by atoms with Gasteiger partial charge in [-0.2, -0.15) is 0 Å². The highest BCUT2D eigenvalue weighted by atomic mass is 79.9. The highest BCUT2D eigenvalue weighted by molar-refractivity contribution is 9.10. The number of carbonyl (C=O) groups is 2. The average Bonchev–Trinajstić information content (AvgIpc) is 2.03. The van der Waals surface area contributed by atoms with Gasteiger partial charge in [0.2, 0.25) is 10.0 Å². The van der Waals surface area contributed by atoms with Crippen LogP contribution >= 0.6 is 40.1 Å². The molecule has 2 atom stereocenters. The predicted molar refractivity (Wildman–Crippen MR) is 56.6 cm³/mol. The molecule has 0 saturated carbocycles. The van der Waals surface area contributed by atoms with Crippen molar-refractivity contribution in [3.63, 3.8) is 0 Å². The summed E-state index contributed by atoms with van der Waals surface area (Å²) in [5.41, 5.74) is 0. The molecule has 0 aliphatic heterocycles. The molecule has 0 heterocycles. The molecular weight excluding hydrogens is 343 g/mol. The predicted octanol–water partition coefficient (Wildman–Crippen LogP) is 2.30. The van der Waals surface area contributed by atoms with Crippen molar-refractivity contribution in [2.24, 2.45) is 0 Å². The number of Topliss-reactive ketones (excluding diaryl/α,β-unsaturated/α-hetero) is 2. The first-order chi connectivity index (χ1) is 6.34. The van der Waals surface area contributed by atoms with E-state index in [-0.39, 0.29) is 11.6 Å². The summed E-state index contributed by atoms with van der Waals surface area (Å²) in [5, 5.41) is -1.98. The van der Waals surface area contributed by atoms with Crippen molar-refractivity contribution in [1.29, 1.82) is 0 Å². The fourth-order valence-electron chi connectivity index (χ4n) is 0.324. The Balaban J connectivity index is 3.99. The monoisotopic (exact) mass is 349 g/mol. The van der Waals surface area contributed by atoms with E-state index in [0.717, 1.165) is 0 Å². The van der Waals surface area contributed by atoms with E-state index in [2.05, 4.69) is 40.9 Å². The fourth-order valence-corrected chi connectivity index (χ4v) is 1.79. The number of rotatable bonds is 6. The lowest BCUT2D eigenvalue weighted by Crippen LogP contribution is -2.14. The second kappa shape index (κ2) is 6.74. The smallest absolute Gasteiger partial charge is 0.296 e. The third kappa shape index (κ3) is 5.93. The zero-order valence-electron chi connectivity index (χ0n) is 7.40. The Bertz CT molecular complexity index is 233. The maximum absolute atomic E-state index is 11.0. The number of ketones is 2. The molecule has 5 nitrogen and oxygen atoms in total. The summed E-state index contributed by atoms with van der Waals surface area (Å²) in [6, 6.07) is 0. The van der Waals surface area contributed by atoms with Crippen LogP contribution in [0.5, 0.6) is 0 Å². The molecule has 0 aromatic heterocycles. The molecule has 0 aliphatic carbocycles. The van der Waals surface area contributed by atoms with E-state index in [1.165, 1.54) is 13.8 Å². The first-order valence-corrected chi connectivity index (χ1v) is 6.37. The largest absolute Gasteiger partial charge is 0.700 e. The molecule has 0 fully saturated rings. The summed E-state index contributed by atoms with van der Waals surface area (Å²) in [6.07, 6.45) is 0. The van der Waals surface area contributed by atoms with Crippen molar-refractivity contribution in [2.45, 2.75) is 23.9 Å². The number of hydrogen-bond acceptors (Lipinski definition) is 5. The summed E-state index contributed by atoms with van der Waals surface area (Å²) >= 11 is 5.67. The van der Waals surface area contributed by atoms with E-state index < -0.39 is 18.3 Å². The molecule has 14 heavy (non-hydrogen) atoms. The Kier molecular flexibility index (Phi) is 6.89. The zero-order valence-corrected chi connectivity index (χ0v) is 11.5. The Morgan fingerprint density at radius 1 is 1.07 bits per heavy atom. The molecule has 0 bridgehead atoms. The Labute approximate surface area is 98.7 Å². The van der Waals surface area contributed by atoms with Gasteiger partial charge in [0, 0.05) is 4.57 Å². The molecule has 0 aromatic carbocycles. The first kappa shape index (κ1) is 14.3. The molecule has 0 saturated heterocycles. The molecule has 0 radical (unpaired) electrons. The molecule has 2 unspecified atom stereocenters. The summed E-state index contributed by atoms with van der Waals surface area (Å²) in [5.74, 6) is -0.684. The minimum Gasteiger partial charge on any atom is -0.296 e. The Morgan fingerprint density at radius 3 is 1.57 bits per heavy atom. The summed E-state index contributed by atoms with van der Waals surface area (Å²) < 4.78 is 20.2. The van der Waals surface area contributed by atoms with Gasteiger partial charge in [-0.3, -0.25) is 9.59 Å². The van der Waals surface area contributed by atoms with Crippen LogP contribution in [0.2, 0.25) is 0 Å².